The topological polar surface area (TPSA) is 50.5 Å². The molecule has 0 radical (unpaired) electrons. The van der Waals surface area contributed by atoms with Gasteiger partial charge in [0.05, 0.1) is 35.2 Å². The molecule has 2 aromatic heterocycles. The Morgan fingerprint density at radius 2 is 0.896 bits per heavy atom. The van der Waals surface area contributed by atoms with Gasteiger partial charge in [-0.2, -0.15) is 0 Å². The summed E-state index contributed by atoms with van der Waals surface area (Å²) in [4.78, 5) is 18.4. The van der Waals surface area contributed by atoms with Crippen molar-refractivity contribution in [2.45, 2.75) is 54.4 Å². The molecule has 0 amide bonds. The monoisotopic (exact) mass is 810 g/mol. The number of halogens is 4. The van der Waals surface area contributed by atoms with Crippen LogP contribution in [-0.4, -0.2) is 22.4 Å². The molecule has 5 aromatic rings. The largest absolute Gasteiger partial charge is 0.255 e. The van der Waals surface area contributed by atoms with Gasteiger partial charge in [-0.15, -0.1) is 49.6 Å². The number of pyridine rings is 2. The zero-order valence-corrected chi connectivity index (χ0v) is 33.1. The molecular formula is C38H42Cl4N4Ni2. The van der Waals surface area contributed by atoms with Gasteiger partial charge in [0.2, 0.25) is 0 Å². The van der Waals surface area contributed by atoms with E-state index in [9.17, 15) is 0 Å². The summed E-state index contributed by atoms with van der Waals surface area (Å²) < 4.78 is 0. The summed E-state index contributed by atoms with van der Waals surface area (Å²) >= 11 is 0. The SMILES string of the molecule is Cc1cc(-c2cc(C(C)C)cc(-c3cc(C)c(N=Cc4ccccn4)c(C)c3)c2C)cc(C)c1N=Cc1ccccn1.Cl.Cl.Cl.Cl.[Ni].[Ni]. The molecule has 0 aliphatic heterocycles. The zero-order valence-electron chi connectivity index (χ0n) is 27.9. The van der Waals surface area contributed by atoms with Gasteiger partial charge in [-0.3, -0.25) is 20.0 Å². The van der Waals surface area contributed by atoms with Gasteiger partial charge in [0.15, 0.2) is 0 Å². The molecule has 2 heterocycles. The number of aliphatic imine (C=N–C) groups is 2. The van der Waals surface area contributed by atoms with Crippen LogP contribution in [0.1, 0.15) is 64.5 Å². The second kappa shape index (κ2) is 21.5. The molecule has 0 aliphatic rings. The number of rotatable bonds is 7. The van der Waals surface area contributed by atoms with Crippen molar-refractivity contribution in [3.63, 3.8) is 0 Å². The molecule has 0 saturated carbocycles. The van der Waals surface area contributed by atoms with E-state index in [1.54, 1.807) is 12.4 Å². The Hall–Kier alpha value is -2.55. The first-order chi connectivity index (χ1) is 20.2. The van der Waals surface area contributed by atoms with Crippen molar-refractivity contribution in [1.82, 2.24) is 9.97 Å². The molecule has 0 N–H and O–H groups in total. The van der Waals surface area contributed by atoms with E-state index in [2.05, 4.69) is 94.8 Å². The Kier molecular flexibility index (Phi) is 21.3. The van der Waals surface area contributed by atoms with Gasteiger partial charge in [-0.05, 0) is 145 Å². The van der Waals surface area contributed by atoms with E-state index in [1.165, 1.54) is 33.4 Å². The van der Waals surface area contributed by atoms with Crippen molar-refractivity contribution in [3.8, 4) is 22.3 Å². The van der Waals surface area contributed by atoms with E-state index in [0.717, 1.165) is 45.0 Å². The molecule has 0 spiro atoms. The smallest absolute Gasteiger partial charge is 0.0812 e. The van der Waals surface area contributed by atoms with Crippen LogP contribution in [-0.2, 0) is 33.0 Å². The molecular weight excluding hydrogens is 772 g/mol. The van der Waals surface area contributed by atoms with E-state index < -0.39 is 0 Å². The third kappa shape index (κ3) is 11.2. The number of hydrogen-bond acceptors (Lipinski definition) is 4. The van der Waals surface area contributed by atoms with E-state index in [4.69, 9.17) is 9.98 Å². The van der Waals surface area contributed by atoms with Crippen LogP contribution in [0.25, 0.3) is 22.3 Å². The Morgan fingerprint density at radius 1 is 0.542 bits per heavy atom. The predicted octanol–water partition coefficient (Wildman–Crippen LogP) is 11.7. The predicted molar refractivity (Wildman–Crippen MR) is 207 cm³/mol. The van der Waals surface area contributed by atoms with Gasteiger partial charge >= 0.3 is 0 Å². The van der Waals surface area contributed by atoms with Crippen LogP contribution in [0, 0.1) is 34.6 Å². The summed E-state index contributed by atoms with van der Waals surface area (Å²) in [7, 11) is 0. The second-order valence-corrected chi connectivity index (χ2v) is 11.3. The minimum atomic E-state index is 0. The third-order valence-corrected chi connectivity index (χ3v) is 7.73. The van der Waals surface area contributed by atoms with Gasteiger partial charge in [-0.1, -0.05) is 38.1 Å². The fourth-order valence-corrected chi connectivity index (χ4v) is 5.47. The van der Waals surface area contributed by atoms with E-state index in [1.807, 2.05) is 48.8 Å². The molecule has 5 rings (SSSR count). The fraction of sp³-hybridized carbons (Fsp3) is 0.211. The average molecular weight is 814 g/mol. The zero-order chi connectivity index (χ0) is 29.8. The molecule has 0 fully saturated rings. The van der Waals surface area contributed by atoms with Crippen molar-refractivity contribution < 1.29 is 33.0 Å². The minimum Gasteiger partial charge on any atom is -0.255 e. The van der Waals surface area contributed by atoms with Crippen LogP contribution in [0.3, 0.4) is 0 Å². The Morgan fingerprint density at radius 3 is 1.19 bits per heavy atom. The number of hydrogen-bond donors (Lipinski definition) is 0. The molecule has 4 nitrogen and oxygen atoms in total. The van der Waals surface area contributed by atoms with Gasteiger partial charge in [-0.25, -0.2) is 0 Å². The number of nitrogens with zero attached hydrogens (tertiary/aromatic N) is 4. The summed E-state index contributed by atoms with van der Waals surface area (Å²) in [5.41, 5.74) is 15.8. The molecule has 0 saturated heterocycles. The van der Waals surface area contributed by atoms with Crippen LogP contribution in [0.2, 0.25) is 0 Å². The van der Waals surface area contributed by atoms with Crippen LogP contribution < -0.4 is 0 Å². The molecule has 48 heavy (non-hydrogen) atoms. The first-order valence-electron chi connectivity index (χ1n) is 14.5. The van der Waals surface area contributed by atoms with Crippen LogP contribution >= 0.6 is 49.6 Å². The quantitative estimate of drug-likeness (QED) is 0.121. The van der Waals surface area contributed by atoms with Crippen molar-refractivity contribution in [3.05, 3.63) is 130 Å². The number of benzene rings is 3. The fourth-order valence-electron chi connectivity index (χ4n) is 5.47. The standard InChI is InChI=1S/C38H38N4.4ClH.2Ni/c1-24(2)30-20-35(31-16-25(3)37(26(4)17-31)41-22-33-12-8-10-14-39-33)29(7)36(21-30)32-18-27(5)38(28(6)19-32)42-23-34-13-9-11-15-40-34;;;;;;/h8-24H,1-7H3;4*1H;;. The van der Waals surface area contributed by atoms with E-state index in [0.29, 0.717) is 5.92 Å². The molecule has 0 unspecified atom stereocenters. The normalized spacial score (nSPS) is 10.2. The third-order valence-electron chi connectivity index (χ3n) is 7.73. The van der Waals surface area contributed by atoms with Crippen molar-refractivity contribution in [2.75, 3.05) is 0 Å². The first kappa shape index (κ1) is 47.6. The molecule has 0 aliphatic carbocycles. The molecule has 0 bridgehead atoms. The maximum atomic E-state index is 4.80. The van der Waals surface area contributed by atoms with E-state index in [-0.39, 0.29) is 82.6 Å². The number of aromatic nitrogens is 2. The van der Waals surface area contributed by atoms with Gasteiger partial charge < -0.3 is 0 Å². The summed E-state index contributed by atoms with van der Waals surface area (Å²) in [5.74, 6) is 0.400. The van der Waals surface area contributed by atoms with Crippen LogP contribution in [0.5, 0.6) is 0 Å². The summed E-state index contributed by atoms with van der Waals surface area (Å²) in [6.07, 6.45) is 7.26. The number of aryl methyl sites for hydroxylation is 4. The summed E-state index contributed by atoms with van der Waals surface area (Å²) in [6.45, 7) is 15.3. The van der Waals surface area contributed by atoms with Crippen LogP contribution in [0.4, 0.5) is 11.4 Å². The maximum Gasteiger partial charge on any atom is 0.0812 e. The Labute approximate surface area is 330 Å². The molecule has 0 atom stereocenters. The van der Waals surface area contributed by atoms with Crippen molar-refractivity contribution >= 4 is 73.4 Å². The maximum absolute atomic E-state index is 4.80. The van der Waals surface area contributed by atoms with Crippen molar-refractivity contribution in [1.29, 1.82) is 0 Å². The molecule has 10 heteroatoms. The summed E-state index contributed by atoms with van der Waals surface area (Å²) in [5, 5.41) is 0. The van der Waals surface area contributed by atoms with E-state index >= 15 is 0 Å². The first-order valence-corrected chi connectivity index (χ1v) is 14.5. The van der Waals surface area contributed by atoms with Gasteiger partial charge in [0.25, 0.3) is 0 Å². The average Bonchev–Trinajstić information content (AvgIpc) is 2.97. The second-order valence-electron chi connectivity index (χ2n) is 11.3. The van der Waals surface area contributed by atoms with Crippen molar-refractivity contribution in [2.24, 2.45) is 9.98 Å². The van der Waals surface area contributed by atoms with Gasteiger partial charge in [0, 0.05) is 45.4 Å². The Balaban J connectivity index is 0. The molecule has 3 aromatic carbocycles. The molecule has 262 valence electrons. The summed E-state index contributed by atoms with van der Waals surface area (Å²) in [6, 6.07) is 25.5. The Bertz CT molecular complexity index is 1640. The van der Waals surface area contributed by atoms with Crippen LogP contribution in [0.15, 0.2) is 95.2 Å². The minimum absolute atomic E-state index is 0. The van der Waals surface area contributed by atoms with Gasteiger partial charge in [0.1, 0.15) is 0 Å².